The molecule has 2 aliphatic rings. The van der Waals surface area contributed by atoms with E-state index in [4.69, 9.17) is 10.2 Å². The third-order valence-corrected chi connectivity index (χ3v) is 2.09. The molecule has 1 heterocycles. The van der Waals surface area contributed by atoms with Gasteiger partial charge in [-0.3, -0.25) is 0 Å². The number of carbonyl (C=O) groups is 2. The van der Waals surface area contributed by atoms with E-state index >= 15 is 0 Å². The minimum absolute atomic E-state index is 0.289. The fraction of sp³-hybridized carbons (Fsp3) is 0.538. The molecule has 2 fully saturated rings. The molecule has 0 amide bonds. The van der Waals surface area contributed by atoms with Crippen LogP contribution in [0.3, 0.4) is 0 Å². The fourth-order valence-corrected chi connectivity index (χ4v) is 0.867. The van der Waals surface area contributed by atoms with Crippen molar-refractivity contribution in [2.75, 3.05) is 0 Å². The zero-order valence-corrected chi connectivity index (χ0v) is 10.4. The fourth-order valence-electron chi connectivity index (χ4n) is 0.867. The van der Waals surface area contributed by atoms with Crippen LogP contribution in [0.4, 0.5) is 0 Å². The predicted molar refractivity (Wildman–Crippen MR) is 65.1 cm³/mol. The molecular weight excluding hydrogens is 236 g/mol. The lowest BCUT2D eigenvalue weighted by Gasteiger charge is -1.91. The molecular formula is C13H18O5. The zero-order valence-electron chi connectivity index (χ0n) is 10.4. The molecule has 5 heteroatoms. The molecule has 0 atom stereocenters. The molecule has 18 heavy (non-hydrogen) atoms. The number of aromatic carboxylic acids is 2. The second-order valence-electron chi connectivity index (χ2n) is 4.35. The van der Waals surface area contributed by atoms with Crippen LogP contribution < -0.4 is 0 Å². The number of rotatable bonds is 2. The van der Waals surface area contributed by atoms with Crippen molar-refractivity contribution < 1.29 is 24.2 Å². The maximum atomic E-state index is 10.5. The molecule has 0 saturated heterocycles. The number of carboxylic acid groups (broad SMARTS) is 2. The van der Waals surface area contributed by atoms with Gasteiger partial charge in [-0.25, -0.2) is 9.59 Å². The first-order valence-corrected chi connectivity index (χ1v) is 6.08. The summed E-state index contributed by atoms with van der Waals surface area (Å²) in [5.41, 5.74) is 0.0161. The molecule has 1 aromatic heterocycles. The van der Waals surface area contributed by atoms with E-state index in [2.05, 4.69) is 4.42 Å². The molecule has 2 aliphatic carbocycles. The van der Waals surface area contributed by atoms with Crippen molar-refractivity contribution in [2.24, 2.45) is 0 Å². The summed E-state index contributed by atoms with van der Waals surface area (Å²) >= 11 is 0. The maximum absolute atomic E-state index is 10.5. The van der Waals surface area contributed by atoms with E-state index in [0.717, 1.165) is 6.26 Å². The van der Waals surface area contributed by atoms with Crippen LogP contribution in [0.2, 0.25) is 0 Å². The Morgan fingerprint density at radius 1 is 1.00 bits per heavy atom. The van der Waals surface area contributed by atoms with E-state index < -0.39 is 17.7 Å². The standard InChI is InChI=1S/C7H6O5.2C3H6/c1-3-2-12-5(7(10)11)4(3)6(8)9;2*1-2-3-1/h2H,1H3,(H,8,9)(H,10,11);2*1-3H2. The lowest BCUT2D eigenvalue weighted by Crippen LogP contribution is -2.05. The van der Waals surface area contributed by atoms with Crippen molar-refractivity contribution >= 4 is 11.9 Å². The summed E-state index contributed by atoms with van der Waals surface area (Å²) in [5.74, 6) is -3.20. The van der Waals surface area contributed by atoms with Crippen LogP contribution in [0, 0.1) is 6.92 Å². The molecule has 1 aromatic rings. The Hall–Kier alpha value is -1.78. The molecule has 2 saturated carbocycles. The molecule has 0 aliphatic heterocycles. The Morgan fingerprint density at radius 3 is 1.67 bits per heavy atom. The van der Waals surface area contributed by atoms with Gasteiger partial charge in [-0.1, -0.05) is 38.5 Å². The minimum Gasteiger partial charge on any atom is -0.478 e. The third kappa shape index (κ3) is 5.52. The highest BCUT2D eigenvalue weighted by Crippen LogP contribution is 2.16. The van der Waals surface area contributed by atoms with Crippen molar-refractivity contribution in [3.05, 3.63) is 23.2 Å². The Balaban J connectivity index is 0.000000216. The number of furan rings is 1. The Kier molecular flexibility index (Phi) is 5.42. The Labute approximate surface area is 105 Å². The summed E-state index contributed by atoms with van der Waals surface area (Å²) in [7, 11) is 0. The van der Waals surface area contributed by atoms with Crippen molar-refractivity contribution in [3.8, 4) is 0 Å². The van der Waals surface area contributed by atoms with Crippen molar-refractivity contribution in [1.29, 1.82) is 0 Å². The van der Waals surface area contributed by atoms with E-state index in [1.807, 2.05) is 0 Å². The molecule has 3 rings (SSSR count). The van der Waals surface area contributed by atoms with E-state index in [-0.39, 0.29) is 5.56 Å². The Bertz CT molecular complexity index is 404. The molecule has 0 spiro atoms. The van der Waals surface area contributed by atoms with E-state index in [1.54, 1.807) is 0 Å². The monoisotopic (exact) mass is 254 g/mol. The van der Waals surface area contributed by atoms with Crippen molar-refractivity contribution in [1.82, 2.24) is 0 Å². The van der Waals surface area contributed by atoms with Gasteiger partial charge in [0.25, 0.3) is 0 Å². The van der Waals surface area contributed by atoms with Gasteiger partial charge in [0.05, 0.1) is 6.26 Å². The molecule has 2 N–H and O–H groups in total. The topological polar surface area (TPSA) is 87.7 Å². The second kappa shape index (κ2) is 6.83. The molecule has 0 radical (unpaired) electrons. The van der Waals surface area contributed by atoms with Gasteiger partial charge in [-0.15, -0.1) is 0 Å². The molecule has 100 valence electrons. The van der Waals surface area contributed by atoms with Crippen molar-refractivity contribution in [2.45, 2.75) is 45.4 Å². The largest absolute Gasteiger partial charge is 0.478 e. The Morgan fingerprint density at radius 2 is 1.44 bits per heavy atom. The average Bonchev–Trinajstić information content (AvgIpc) is 3.17. The van der Waals surface area contributed by atoms with Gasteiger partial charge < -0.3 is 14.6 Å². The van der Waals surface area contributed by atoms with Gasteiger partial charge in [0, 0.05) is 5.56 Å². The highest BCUT2D eigenvalue weighted by Gasteiger charge is 2.22. The summed E-state index contributed by atoms with van der Waals surface area (Å²) in [5, 5.41) is 17.0. The zero-order chi connectivity index (χ0) is 13.5. The van der Waals surface area contributed by atoms with Crippen LogP contribution in [-0.4, -0.2) is 22.2 Å². The van der Waals surface area contributed by atoms with Gasteiger partial charge >= 0.3 is 11.9 Å². The van der Waals surface area contributed by atoms with Crippen molar-refractivity contribution in [3.63, 3.8) is 0 Å². The van der Waals surface area contributed by atoms with Crippen LogP contribution in [-0.2, 0) is 0 Å². The lowest BCUT2D eigenvalue weighted by molar-refractivity contribution is 0.0625. The van der Waals surface area contributed by atoms with Crippen LogP contribution in [0.5, 0.6) is 0 Å². The number of hydrogen-bond donors (Lipinski definition) is 2. The van der Waals surface area contributed by atoms with Crippen LogP contribution in [0.25, 0.3) is 0 Å². The van der Waals surface area contributed by atoms with Gasteiger partial charge in [-0.2, -0.15) is 0 Å². The predicted octanol–water partition coefficient (Wildman–Crippen LogP) is 3.33. The first kappa shape index (κ1) is 14.3. The number of aryl methyl sites for hydroxylation is 1. The first-order chi connectivity index (χ1) is 8.54. The summed E-state index contributed by atoms with van der Waals surface area (Å²) in [6.45, 7) is 1.47. The van der Waals surface area contributed by atoms with Gasteiger partial charge in [0.1, 0.15) is 5.56 Å². The van der Waals surface area contributed by atoms with E-state index in [0.29, 0.717) is 5.56 Å². The second-order valence-corrected chi connectivity index (χ2v) is 4.35. The first-order valence-electron chi connectivity index (χ1n) is 6.08. The van der Waals surface area contributed by atoms with Gasteiger partial charge in [-0.05, 0) is 6.92 Å². The lowest BCUT2D eigenvalue weighted by atomic mass is 10.2. The maximum Gasteiger partial charge on any atom is 0.372 e. The van der Waals surface area contributed by atoms with E-state index in [1.165, 1.54) is 45.4 Å². The normalized spacial score (nSPS) is 14.5. The highest BCUT2D eigenvalue weighted by atomic mass is 16.4. The molecule has 0 unspecified atom stereocenters. The average molecular weight is 254 g/mol. The highest BCUT2D eigenvalue weighted by molar-refractivity contribution is 6.00. The van der Waals surface area contributed by atoms with Crippen LogP contribution in [0.1, 0.15) is 65.0 Å². The van der Waals surface area contributed by atoms with Gasteiger partial charge in [0.15, 0.2) is 0 Å². The summed E-state index contributed by atoms with van der Waals surface area (Å²) in [4.78, 5) is 20.9. The molecule has 5 nitrogen and oxygen atoms in total. The smallest absolute Gasteiger partial charge is 0.372 e. The SMILES string of the molecule is C1CC1.C1CC1.Cc1coc(C(=O)O)c1C(=O)O. The quantitative estimate of drug-likeness (QED) is 0.845. The van der Waals surface area contributed by atoms with Gasteiger partial charge in [0.2, 0.25) is 5.76 Å². The number of hydrogen-bond acceptors (Lipinski definition) is 3. The summed E-state index contributed by atoms with van der Waals surface area (Å²) < 4.78 is 4.54. The molecule has 0 bridgehead atoms. The van der Waals surface area contributed by atoms with Crippen LogP contribution in [0.15, 0.2) is 10.7 Å². The minimum atomic E-state index is -1.37. The number of carboxylic acids is 2. The summed E-state index contributed by atoms with van der Waals surface area (Å²) in [6.07, 6.45) is 10.1. The third-order valence-electron chi connectivity index (χ3n) is 2.09. The van der Waals surface area contributed by atoms with Crippen LogP contribution >= 0.6 is 0 Å². The van der Waals surface area contributed by atoms with E-state index in [9.17, 15) is 9.59 Å². The molecule has 0 aromatic carbocycles. The summed E-state index contributed by atoms with van der Waals surface area (Å²) in [6, 6.07) is 0.